The molecular weight excluding hydrogens is 316 g/mol. The van der Waals surface area contributed by atoms with Crippen molar-refractivity contribution in [3.63, 3.8) is 0 Å². The summed E-state index contributed by atoms with van der Waals surface area (Å²) in [6.45, 7) is 4.99. The second-order valence-corrected chi connectivity index (χ2v) is 6.29. The fraction of sp³-hybridized carbons (Fsp3) is 0.444. The Morgan fingerprint density at radius 3 is 2.96 bits per heavy atom. The average Bonchev–Trinajstić information content (AvgIpc) is 3.06. The number of aryl methyl sites for hydroxylation is 2. The van der Waals surface area contributed by atoms with Gasteiger partial charge in [0.25, 0.3) is 0 Å². The Labute approximate surface area is 147 Å². The van der Waals surface area contributed by atoms with Crippen molar-refractivity contribution >= 4 is 17.5 Å². The predicted octanol–water partition coefficient (Wildman–Crippen LogP) is 2.11. The lowest BCUT2D eigenvalue weighted by molar-refractivity contribution is -0.131. The maximum Gasteiger partial charge on any atom is 0.237 e. The molecule has 3 heterocycles. The van der Waals surface area contributed by atoms with Crippen LogP contribution in [0.25, 0.3) is 0 Å². The number of anilines is 2. The van der Waals surface area contributed by atoms with E-state index in [9.17, 15) is 4.79 Å². The van der Waals surface area contributed by atoms with Crippen molar-refractivity contribution in [3.8, 4) is 0 Å². The maximum atomic E-state index is 12.3. The van der Waals surface area contributed by atoms with Crippen molar-refractivity contribution in [3.05, 3.63) is 41.5 Å². The van der Waals surface area contributed by atoms with Crippen molar-refractivity contribution in [1.29, 1.82) is 0 Å². The van der Waals surface area contributed by atoms with Crippen LogP contribution in [-0.4, -0.2) is 45.9 Å². The van der Waals surface area contributed by atoms with Crippen LogP contribution in [0, 0.1) is 13.8 Å². The second kappa shape index (κ2) is 7.57. The normalized spacial score (nSPS) is 16.9. The van der Waals surface area contributed by atoms with Crippen LogP contribution in [0.4, 0.5) is 11.6 Å². The van der Waals surface area contributed by atoms with Gasteiger partial charge >= 0.3 is 0 Å². The van der Waals surface area contributed by atoms with Crippen LogP contribution < -0.4 is 10.6 Å². The highest BCUT2D eigenvalue weighted by molar-refractivity contribution is 5.79. The molecule has 1 atom stereocenters. The smallest absolute Gasteiger partial charge is 0.237 e. The fourth-order valence-corrected chi connectivity index (χ4v) is 3.19. The third kappa shape index (κ3) is 3.93. The SMILES string of the molecule is CNCC(=O)N1CCCC1c1cc(Nc2ncccc2C)nc(C)n1. The zero-order valence-electron chi connectivity index (χ0n) is 14.9. The topological polar surface area (TPSA) is 83.0 Å². The van der Waals surface area contributed by atoms with Crippen LogP contribution in [0.3, 0.4) is 0 Å². The Hall–Kier alpha value is -2.54. The molecule has 7 heteroatoms. The van der Waals surface area contributed by atoms with Gasteiger partial charge in [0.1, 0.15) is 17.5 Å². The van der Waals surface area contributed by atoms with Gasteiger partial charge in [0.2, 0.25) is 5.91 Å². The van der Waals surface area contributed by atoms with E-state index in [0.717, 1.165) is 36.5 Å². The molecule has 0 spiro atoms. The number of pyridine rings is 1. The van der Waals surface area contributed by atoms with Gasteiger partial charge < -0.3 is 15.5 Å². The Morgan fingerprint density at radius 2 is 2.20 bits per heavy atom. The highest BCUT2D eigenvalue weighted by atomic mass is 16.2. The molecule has 1 fully saturated rings. The molecule has 0 saturated carbocycles. The van der Waals surface area contributed by atoms with Gasteiger partial charge in [-0.15, -0.1) is 0 Å². The number of carbonyl (C=O) groups is 1. The largest absolute Gasteiger partial charge is 0.333 e. The van der Waals surface area contributed by atoms with E-state index >= 15 is 0 Å². The summed E-state index contributed by atoms with van der Waals surface area (Å²) >= 11 is 0. The molecule has 1 saturated heterocycles. The molecule has 0 radical (unpaired) electrons. The molecule has 1 aliphatic rings. The lowest BCUT2D eigenvalue weighted by Crippen LogP contribution is -2.37. The maximum absolute atomic E-state index is 12.3. The number of nitrogens with one attached hydrogen (secondary N) is 2. The molecular formula is C18H24N6O. The lowest BCUT2D eigenvalue weighted by Gasteiger charge is -2.24. The first-order valence-corrected chi connectivity index (χ1v) is 8.57. The van der Waals surface area contributed by atoms with E-state index in [-0.39, 0.29) is 11.9 Å². The first-order chi connectivity index (χ1) is 12.1. The van der Waals surface area contributed by atoms with Crippen LogP contribution in [-0.2, 0) is 4.79 Å². The first kappa shape index (κ1) is 17.3. The van der Waals surface area contributed by atoms with Crippen molar-refractivity contribution in [1.82, 2.24) is 25.2 Å². The first-order valence-electron chi connectivity index (χ1n) is 8.57. The van der Waals surface area contributed by atoms with Crippen LogP contribution >= 0.6 is 0 Å². The predicted molar refractivity (Wildman–Crippen MR) is 96.6 cm³/mol. The molecule has 25 heavy (non-hydrogen) atoms. The van der Waals surface area contributed by atoms with Crippen LogP contribution in [0.1, 0.15) is 36.0 Å². The number of aromatic nitrogens is 3. The minimum atomic E-state index is 0.00734. The Morgan fingerprint density at radius 1 is 1.36 bits per heavy atom. The third-order valence-electron chi connectivity index (χ3n) is 4.36. The molecule has 2 aromatic heterocycles. The van der Waals surface area contributed by atoms with Gasteiger partial charge in [-0.05, 0) is 45.4 Å². The molecule has 0 aliphatic carbocycles. The van der Waals surface area contributed by atoms with E-state index in [1.807, 2.05) is 36.9 Å². The monoisotopic (exact) mass is 340 g/mol. The van der Waals surface area contributed by atoms with Gasteiger partial charge in [0.05, 0.1) is 18.3 Å². The minimum absolute atomic E-state index is 0.00734. The van der Waals surface area contributed by atoms with E-state index in [1.54, 1.807) is 13.2 Å². The average molecular weight is 340 g/mol. The van der Waals surface area contributed by atoms with Gasteiger partial charge in [-0.1, -0.05) is 6.07 Å². The van der Waals surface area contributed by atoms with E-state index in [0.29, 0.717) is 18.2 Å². The number of nitrogens with zero attached hydrogens (tertiary/aromatic N) is 4. The summed E-state index contributed by atoms with van der Waals surface area (Å²) in [5, 5.41) is 6.20. The number of likely N-dealkylation sites (tertiary alicyclic amines) is 1. The summed E-state index contributed by atoms with van der Waals surface area (Å²) in [5.74, 6) is 2.27. The van der Waals surface area contributed by atoms with Gasteiger partial charge in [-0.25, -0.2) is 15.0 Å². The standard InChI is InChI=1S/C18H24N6O/c1-12-6-4-8-20-18(12)23-16-10-14(21-13(2)22-16)15-7-5-9-24(15)17(25)11-19-3/h4,6,8,10,15,19H,5,7,9,11H2,1-3H3,(H,20,21,22,23). The van der Waals surface area contributed by atoms with Crippen molar-refractivity contribution < 1.29 is 4.79 Å². The van der Waals surface area contributed by atoms with Crippen LogP contribution in [0.2, 0.25) is 0 Å². The van der Waals surface area contributed by atoms with Crippen molar-refractivity contribution in [2.45, 2.75) is 32.7 Å². The number of likely N-dealkylation sites (N-methyl/N-ethyl adjacent to an activating group) is 1. The zero-order chi connectivity index (χ0) is 17.8. The van der Waals surface area contributed by atoms with Crippen molar-refractivity contribution in [2.24, 2.45) is 0 Å². The number of carbonyl (C=O) groups excluding carboxylic acids is 1. The summed E-state index contributed by atoms with van der Waals surface area (Å²) in [6, 6.07) is 5.84. The molecule has 1 aliphatic heterocycles. The van der Waals surface area contributed by atoms with E-state index in [2.05, 4.69) is 25.6 Å². The number of amides is 1. The van der Waals surface area contributed by atoms with Crippen molar-refractivity contribution in [2.75, 3.05) is 25.5 Å². The Balaban J connectivity index is 1.86. The van der Waals surface area contributed by atoms with E-state index in [1.165, 1.54) is 0 Å². The van der Waals surface area contributed by atoms with E-state index in [4.69, 9.17) is 0 Å². The number of rotatable bonds is 5. The summed E-state index contributed by atoms with van der Waals surface area (Å²) in [5.41, 5.74) is 1.93. The molecule has 0 bridgehead atoms. The lowest BCUT2D eigenvalue weighted by atomic mass is 10.1. The summed E-state index contributed by atoms with van der Waals surface area (Å²) in [4.78, 5) is 27.7. The summed E-state index contributed by atoms with van der Waals surface area (Å²) in [6.07, 6.45) is 3.67. The Bertz CT molecular complexity index is 763. The van der Waals surface area contributed by atoms with Gasteiger partial charge in [-0.3, -0.25) is 4.79 Å². The van der Waals surface area contributed by atoms with Gasteiger partial charge in [0.15, 0.2) is 0 Å². The van der Waals surface area contributed by atoms with Crippen LogP contribution in [0.5, 0.6) is 0 Å². The van der Waals surface area contributed by atoms with Gasteiger partial charge in [0, 0.05) is 18.8 Å². The van der Waals surface area contributed by atoms with E-state index < -0.39 is 0 Å². The quantitative estimate of drug-likeness (QED) is 0.867. The molecule has 2 N–H and O–H groups in total. The highest BCUT2D eigenvalue weighted by Gasteiger charge is 2.31. The molecule has 3 rings (SSSR count). The number of hydrogen-bond acceptors (Lipinski definition) is 6. The molecule has 2 aromatic rings. The fourth-order valence-electron chi connectivity index (χ4n) is 3.19. The second-order valence-electron chi connectivity index (χ2n) is 6.29. The van der Waals surface area contributed by atoms with Crippen LogP contribution in [0.15, 0.2) is 24.4 Å². The molecule has 132 valence electrons. The number of hydrogen-bond donors (Lipinski definition) is 2. The molecule has 7 nitrogen and oxygen atoms in total. The highest BCUT2D eigenvalue weighted by Crippen LogP contribution is 2.32. The molecule has 1 amide bonds. The summed E-state index contributed by atoms with van der Waals surface area (Å²) < 4.78 is 0. The zero-order valence-corrected chi connectivity index (χ0v) is 14.9. The third-order valence-corrected chi connectivity index (χ3v) is 4.36. The molecule has 1 unspecified atom stereocenters. The van der Waals surface area contributed by atoms with Gasteiger partial charge in [-0.2, -0.15) is 0 Å². The minimum Gasteiger partial charge on any atom is -0.333 e. The Kier molecular flexibility index (Phi) is 5.23. The summed E-state index contributed by atoms with van der Waals surface area (Å²) in [7, 11) is 1.79. The molecule has 0 aromatic carbocycles.